The lowest BCUT2D eigenvalue weighted by molar-refractivity contribution is 0.168. The van der Waals surface area contributed by atoms with E-state index in [4.69, 9.17) is 17.0 Å². The Hall–Kier alpha value is -1.33. The fraction of sp³-hybridized carbons (Fsp3) is 0.562. The maximum absolute atomic E-state index is 5.39. The third-order valence-electron chi connectivity index (χ3n) is 3.94. The standard InChI is InChI=1S/C16H25N3OS/c1-12(2)19-10-8-14(9-11-19)18-16(21)17-13-4-6-15(20-3)7-5-13/h4-7,12,14H,8-11H2,1-3H3,(H2,17,18,21). The van der Waals surface area contributed by atoms with Crippen molar-refractivity contribution < 1.29 is 4.74 Å². The second kappa shape index (κ2) is 7.61. The van der Waals surface area contributed by atoms with Crippen molar-refractivity contribution in [1.82, 2.24) is 10.2 Å². The van der Waals surface area contributed by atoms with E-state index in [-0.39, 0.29) is 0 Å². The monoisotopic (exact) mass is 307 g/mol. The number of hydrogen-bond donors (Lipinski definition) is 2. The van der Waals surface area contributed by atoms with Crippen LogP contribution in [0, 0.1) is 0 Å². The van der Waals surface area contributed by atoms with Gasteiger partial charge in [-0.15, -0.1) is 0 Å². The minimum atomic E-state index is 0.471. The summed E-state index contributed by atoms with van der Waals surface area (Å²) in [5, 5.41) is 7.34. The van der Waals surface area contributed by atoms with Crippen LogP contribution in [0.25, 0.3) is 0 Å². The maximum atomic E-state index is 5.39. The smallest absolute Gasteiger partial charge is 0.170 e. The first-order valence-corrected chi connectivity index (χ1v) is 7.95. The zero-order chi connectivity index (χ0) is 15.2. The van der Waals surface area contributed by atoms with Crippen molar-refractivity contribution in [3.63, 3.8) is 0 Å². The molecular weight excluding hydrogens is 282 g/mol. The van der Waals surface area contributed by atoms with Crippen LogP contribution in [0.5, 0.6) is 5.75 Å². The second-order valence-electron chi connectivity index (χ2n) is 5.73. The van der Waals surface area contributed by atoms with Crippen LogP contribution in [-0.2, 0) is 0 Å². The average Bonchev–Trinajstić information content (AvgIpc) is 2.48. The lowest BCUT2D eigenvalue weighted by Gasteiger charge is -2.35. The van der Waals surface area contributed by atoms with Gasteiger partial charge < -0.3 is 20.3 Å². The second-order valence-corrected chi connectivity index (χ2v) is 6.14. The number of hydrogen-bond acceptors (Lipinski definition) is 3. The molecule has 0 spiro atoms. The average molecular weight is 307 g/mol. The number of benzene rings is 1. The summed E-state index contributed by atoms with van der Waals surface area (Å²) in [6.45, 7) is 6.79. The molecule has 2 N–H and O–H groups in total. The maximum Gasteiger partial charge on any atom is 0.170 e. The van der Waals surface area contributed by atoms with Crippen LogP contribution in [0.3, 0.4) is 0 Å². The fourth-order valence-corrected chi connectivity index (χ4v) is 2.87. The van der Waals surface area contributed by atoms with Crippen LogP contribution in [-0.4, -0.2) is 42.3 Å². The van der Waals surface area contributed by atoms with E-state index in [1.54, 1.807) is 7.11 Å². The van der Waals surface area contributed by atoms with E-state index in [2.05, 4.69) is 29.4 Å². The summed E-state index contributed by atoms with van der Waals surface area (Å²) in [7, 11) is 1.66. The lowest BCUT2D eigenvalue weighted by Crippen LogP contribution is -2.47. The Morgan fingerprint density at radius 1 is 1.24 bits per heavy atom. The molecule has 2 rings (SSSR count). The summed E-state index contributed by atoms with van der Waals surface area (Å²) in [6, 6.07) is 8.88. The Balaban J connectivity index is 1.77. The number of nitrogens with zero attached hydrogens (tertiary/aromatic N) is 1. The van der Waals surface area contributed by atoms with Crippen LogP contribution in [0.15, 0.2) is 24.3 Å². The highest BCUT2D eigenvalue weighted by atomic mass is 32.1. The van der Waals surface area contributed by atoms with Gasteiger partial charge in [0, 0.05) is 30.9 Å². The van der Waals surface area contributed by atoms with Gasteiger partial charge in [0.15, 0.2) is 5.11 Å². The summed E-state index contributed by atoms with van der Waals surface area (Å²) in [6.07, 6.45) is 2.28. The predicted molar refractivity (Wildman–Crippen MR) is 92.1 cm³/mol. The van der Waals surface area contributed by atoms with Crippen LogP contribution in [0.1, 0.15) is 26.7 Å². The van der Waals surface area contributed by atoms with E-state index >= 15 is 0 Å². The normalized spacial score (nSPS) is 16.8. The number of nitrogens with one attached hydrogen (secondary N) is 2. The molecule has 1 aromatic rings. The van der Waals surface area contributed by atoms with E-state index in [1.807, 2.05) is 24.3 Å². The highest BCUT2D eigenvalue weighted by Gasteiger charge is 2.21. The minimum Gasteiger partial charge on any atom is -0.497 e. The Morgan fingerprint density at radius 3 is 2.38 bits per heavy atom. The summed E-state index contributed by atoms with van der Waals surface area (Å²) in [4.78, 5) is 2.51. The highest BCUT2D eigenvalue weighted by molar-refractivity contribution is 7.80. The van der Waals surface area contributed by atoms with Crippen molar-refractivity contribution in [1.29, 1.82) is 0 Å². The van der Waals surface area contributed by atoms with Gasteiger partial charge in [-0.3, -0.25) is 0 Å². The molecule has 116 valence electrons. The van der Waals surface area contributed by atoms with Crippen molar-refractivity contribution in [2.24, 2.45) is 0 Å². The number of likely N-dealkylation sites (tertiary alicyclic amines) is 1. The third kappa shape index (κ3) is 4.86. The number of thiocarbonyl (C=S) groups is 1. The van der Waals surface area contributed by atoms with Gasteiger partial charge in [-0.25, -0.2) is 0 Å². The molecule has 1 aliphatic rings. The van der Waals surface area contributed by atoms with E-state index in [9.17, 15) is 0 Å². The molecule has 0 unspecified atom stereocenters. The van der Waals surface area contributed by atoms with Gasteiger partial charge in [-0.05, 0) is 63.2 Å². The van der Waals surface area contributed by atoms with Gasteiger partial charge in [0.25, 0.3) is 0 Å². The van der Waals surface area contributed by atoms with Crippen molar-refractivity contribution in [2.45, 2.75) is 38.8 Å². The Morgan fingerprint density at radius 2 is 1.86 bits per heavy atom. The van der Waals surface area contributed by atoms with Gasteiger partial charge in [0.2, 0.25) is 0 Å². The van der Waals surface area contributed by atoms with E-state index in [0.717, 1.165) is 37.4 Å². The molecule has 0 saturated carbocycles. The molecular formula is C16H25N3OS. The molecule has 0 bridgehead atoms. The summed E-state index contributed by atoms with van der Waals surface area (Å²) < 4.78 is 5.14. The molecule has 0 aliphatic carbocycles. The number of piperidine rings is 1. The largest absolute Gasteiger partial charge is 0.497 e. The Bertz CT molecular complexity index is 453. The van der Waals surface area contributed by atoms with Crippen LogP contribution >= 0.6 is 12.2 Å². The molecule has 1 saturated heterocycles. The van der Waals surface area contributed by atoms with Crippen molar-refractivity contribution >= 4 is 23.0 Å². The molecule has 1 heterocycles. The molecule has 0 radical (unpaired) electrons. The molecule has 1 aromatic carbocycles. The van der Waals surface area contributed by atoms with E-state index in [1.165, 1.54) is 0 Å². The van der Waals surface area contributed by atoms with Gasteiger partial charge in [-0.2, -0.15) is 0 Å². The third-order valence-corrected chi connectivity index (χ3v) is 4.16. The van der Waals surface area contributed by atoms with Gasteiger partial charge in [-0.1, -0.05) is 0 Å². The van der Waals surface area contributed by atoms with Gasteiger partial charge in [0.05, 0.1) is 7.11 Å². The number of anilines is 1. The summed E-state index contributed by atoms with van der Waals surface area (Å²) in [5.74, 6) is 0.848. The fourth-order valence-electron chi connectivity index (χ4n) is 2.59. The molecule has 5 heteroatoms. The molecule has 1 aliphatic heterocycles. The molecule has 1 fully saturated rings. The number of rotatable bonds is 4. The van der Waals surface area contributed by atoms with Crippen LogP contribution < -0.4 is 15.4 Å². The van der Waals surface area contributed by atoms with Crippen LogP contribution in [0.2, 0.25) is 0 Å². The first kappa shape index (κ1) is 16.0. The van der Waals surface area contributed by atoms with Crippen molar-refractivity contribution in [3.8, 4) is 5.75 Å². The summed E-state index contributed by atoms with van der Waals surface area (Å²) >= 11 is 5.39. The zero-order valence-electron chi connectivity index (χ0n) is 13.1. The van der Waals surface area contributed by atoms with Gasteiger partial charge in [0.1, 0.15) is 5.75 Å². The van der Waals surface area contributed by atoms with Crippen molar-refractivity contribution in [2.75, 3.05) is 25.5 Å². The molecule has 0 amide bonds. The van der Waals surface area contributed by atoms with Crippen LogP contribution in [0.4, 0.5) is 5.69 Å². The number of ether oxygens (including phenoxy) is 1. The van der Waals surface area contributed by atoms with E-state index < -0.39 is 0 Å². The SMILES string of the molecule is COc1ccc(NC(=S)NC2CCN(C(C)C)CC2)cc1. The minimum absolute atomic E-state index is 0.471. The molecule has 4 nitrogen and oxygen atoms in total. The topological polar surface area (TPSA) is 36.5 Å². The zero-order valence-corrected chi connectivity index (χ0v) is 13.9. The molecule has 0 aromatic heterocycles. The molecule has 21 heavy (non-hydrogen) atoms. The van der Waals surface area contributed by atoms with E-state index in [0.29, 0.717) is 17.2 Å². The quantitative estimate of drug-likeness (QED) is 0.837. The lowest BCUT2D eigenvalue weighted by atomic mass is 10.0. The first-order chi connectivity index (χ1) is 10.1. The first-order valence-electron chi connectivity index (χ1n) is 7.54. The number of methoxy groups -OCH3 is 1. The van der Waals surface area contributed by atoms with Crippen molar-refractivity contribution in [3.05, 3.63) is 24.3 Å². The highest BCUT2D eigenvalue weighted by Crippen LogP contribution is 2.16. The Kier molecular flexibility index (Phi) is 5.82. The van der Waals surface area contributed by atoms with Gasteiger partial charge >= 0.3 is 0 Å². The molecule has 0 atom stereocenters. The predicted octanol–water partition coefficient (Wildman–Crippen LogP) is 2.85. The Labute approximate surface area is 132 Å². The summed E-state index contributed by atoms with van der Waals surface area (Å²) in [5.41, 5.74) is 0.980.